The molecular formula is C27H25N5OS. The number of rotatable bonds is 10. The Balaban J connectivity index is 1.55. The Morgan fingerprint density at radius 3 is 1.76 bits per heavy atom. The number of thiocarbonyl (C=S) groups is 1. The molecule has 0 spiro atoms. The number of pyridine rings is 2. The monoisotopic (exact) mass is 467 g/mol. The highest BCUT2D eigenvalue weighted by Gasteiger charge is 2.12. The summed E-state index contributed by atoms with van der Waals surface area (Å²) in [5.41, 5.74) is 6.34. The van der Waals surface area contributed by atoms with Crippen LogP contribution in [0, 0.1) is 0 Å². The van der Waals surface area contributed by atoms with Crippen molar-refractivity contribution in [3.8, 4) is 16.9 Å². The molecule has 0 saturated heterocycles. The molecule has 4 rings (SSSR count). The van der Waals surface area contributed by atoms with Crippen LogP contribution >= 0.6 is 12.2 Å². The van der Waals surface area contributed by atoms with E-state index in [1.54, 1.807) is 12.4 Å². The van der Waals surface area contributed by atoms with Gasteiger partial charge in [0.05, 0.1) is 22.2 Å². The average molecular weight is 468 g/mol. The zero-order chi connectivity index (χ0) is 23.6. The van der Waals surface area contributed by atoms with Crippen LogP contribution in [0.3, 0.4) is 0 Å². The zero-order valence-corrected chi connectivity index (χ0v) is 19.4. The Hall–Kier alpha value is -3.74. The molecule has 7 heteroatoms. The molecule has 0 fully saturated rings. The van der Waals surface area contributed by atoms with E-state index in [2.05, 4.69) is 30.8 Å². The van der Waals surface area contributed by atoms with E-state index in [0.717, 1.165) is 39.3 Å². The first-order chi connectivity index (χ1) is 16.7. The van der Waals surface area contributed by atoms with Gasteiger partial charge in [-0.05, 0) is 71.9 Å². The molecule has 0 aliphatic carbocycles. The number of hydrogen-bond donors (Lipinski definition) is 3. The zero-order valence-electron chi connectivity index (χ0n) is 18.6. The average Bonchev–Trinajstić information content (AvgIpc) is 2.88. The molecule has 0 bridgehead atoms. The van der Waals surface area contributed by atoms with Crippen molar-refractivity contribution in [3.63, 3.8) is 0 Å². The number of nitrogens with zero attached hydrogens (tertiary/aromatic N) is 3. The minimum absolute atomic E-state index is 0.285. The van der Waals surface area contributed by atoms with Crippen LogP contribution in [0.5, 0.6) is 5.75 Å². The predicted molar refractivity (Wildman–Crippen MR) is 138 cm³/mol. The first-order valence-corrected chi connectivity index (χ1v) is 11.4. The van der Waals surface area contributed by atoms with E-state index in [4.69, 9.17) is 12.2 Å². The quantitative estimate of drug-likeness (QED) is 0.221. The largest absolute Gasteiger partial charge is 0.507 e. The number of benzene rings is 2. The van der Waals surface area contributed by atoms with Crippen LogP contribution < -0.4 is 10.6 Å². The summed E-state index contributed by atoms with van der Waals surface area (Å²) in [5.74, 6) is 0.285. The van der Waals surface area contributed by atoms with Gasteiger partial charge in [-0.15, -0.1) is 0 Å². The molecule has 2 heterocycles. The fourth-order valence-corrected chi connectivity index (χ4v) is 3.74. The molecule has 2 aromatic carbocycles. The van der Waals surface area contributed by atoms with Gasteiger partial charge in [-0.25, -0.2) is 0 Å². The predicted octanol–water partition coefficient (Wildman–Crippen LogP) is 5.16. The molecule has 0 saturated carbocycles. The van der Waals surface area contributed by atoms with Gasteiger partial charge in [-0.2, -0.15) is 4.99 Å². The molecule has 3 N–H and O–H groups in total. The molecule has 6 nitrogen and oxygen atoms in total. The maximum Gasteiger partial charge on any atom is 0.124 e. The van der Waals surface area contributed by atoms with Gasteiger partial charge < -0.3 is 15.7 Å². The van der Waals surface area contributed by atoms with E-state index in [0.29, 0.717) is 26.2 Å². The lowest BCUT2D eigenvalue weighted by Crippen LogP contribution is -2.16. The molecule has 2 aromatic heterocycles. The minimum Gasteiger partial charge on any atom is -0.507 e. The smallest absolute Gasteiger partial charge is 0.124 e. The lowest BCUT2D eigenvalue weighted by atomic mass is 9.98. The minimum atomic E-state index is 0.285. The Morgan fingerprint density at radius 1 is 0.735 bits per heavy atom. The second-order valence-corrected chi connectivity index (χ2v) is 7.92. The van der Waals surface area contributed by atoms with Gasteiger partial charge in [0, 0.05) is 49.7 Å². The van der Waals surface area contributed by atoms with Gasteiger partial charge in [-0.1, -0.05) is 24.3 Å². The molecule has 0 atom stereocenters. The summed E-state index contributed by atoms with van der Waals surface area (Å²) in [6, 6.07) is 23.5. The van der Waals surface area contributed by atoms with E-state index in [9.17, 15) is 5.11 Å². The van der Waals surface area contributed by atoms with E-state index in [-0.39, 0.29) is 5.75 Å². The number of nitrogens with one attached hydrogen (secondary N) is 2. The van der Waals surface area contributed by atoms with Crippen molar-refractivity contribution in [3.05, 3.63) is 108 Å². The highest BCUT2D eigenvalue weighted by atomic mass is 32.1. The molecule has 4 aromatic rings. The van der Waals surface area contributed by atoms with E-state index in [1.165, 1.54) is 0 Å². The summed E-state index contributed by atoms with van der Waals surface area (Å²) in [5, 5.41) is 20.2. The van der Waals surface area contributed by atoms with E-state index in [1.807, 2.05) is 72.8 Å². The van der Waals surface area contributed by atoms with Gasteiger partial charge in [0.1, 0.15) is 5.75 Å². The third kappa shape index (κ3) is 6.41. The molecule has 34 heavy (non-hydrogen) atoms. The van der Waals surface area contributed by atoms with Crippen molar-refractivity contribution in [1.29, 1.82) is 0 Å². The SMILES string of the molecule is Oc1c(CNCc2ccccn2)cc(-c2ccc(N=C=S)cc2)cc1CNCc1ccccn1. The molecule has 0 aliphatic heterocycles. The number of aromatic hydroxyl groups is 1. The second kappa shape index (κ2) is 11.9. The van der Waals surface area contributed by atoms with Crippen molar-refractivity contribution >= 4 is 23.1 Å². The summed E-state index contributed by atoms with van der Waals surface area (Å²) in [7, 11) is 0. The normalized spacial score (nSPS) is 10.6. The lowest BCUT2D eigenvalue weighted by Gasteiger charge is -2.15. The third-order valence-electron chi connectivity index (χ3n) is 5.34. The Kier molecular flexibility index (Phi) is 8.22. The highest BCUT2D eigenvalue weighted by Crippen LogP contribution is 2.31. The summed E-state index contributed by atoms with van der Waals surface area (Å²) in [6.45, 7) is 2.25. The Labute approximate surface area is 204 Å². The van der Waals surface area contributed by atoms with Crippen LogP contribution in [0.15, 0.2) is 90.2 Å². The van der Waals surface area contributed by atoms with Gasteiger partial charge in [-0.3, -0.25) is 9.97 Å². The first-order valence-electron chi connectivity index (χ1n) is 11.0. The molecular weight excluding hydrogens is 442 g/mol. The Bertz CT molecular complexity index is 1190. The maximum atomic E-state index is 11.0. The fourth-order valence-electron chi connectivity index (χ4n) is 3.63. The van der Waals surface area contributed by atoms with Crippen LogP contribution in [0.4, 0.5) is 5.69 Å². The van der Waals surface area contributed by atoms with Crippen LogP contribution in [-0.2, 0) is 26.2 Å². The number of isothiocyanates is 1. The van der Waals surface area contributed by atoms with Crippen LogP contribution in [0.1, 0.15) is 22.5 Å². The number of phenols is 1. The Morgan fingerprint density at radius 2 is 1.29 bits per heavy atom. The van der Waals surface area contributed by atoms with Gasteiger partial charge in [0.25, 0.3) is 0 Å². The molecule has 170 valence electrons. The number of aromatic nitrogens is 2. The summed E-state index contributed by atoms with van der Waals surface area (Å²) in [6.07, 6.45) is 3.55. The van der Waals surface area contributed by atoms with Crippen LogP contribution in [0.2, 0.25) is 0 Å². The van der Waals surface area contributed by atoms with E-state index < -0.39 is 0 Å². The third-order valence-corrected chi connectivity index (χ3v) is 5.43. The molecule has 0 radical (unpaired) electrons. The summed E-state index contributed by atoms with van der Waals surface area (Å²) < 4.78 is 0. The number of aliphatic imine (C=N–C) groups is 1. The maximum absolute atomic E-state index is 11.0. The molecule has 0 aliphatic rings. The van der Waals surface area contributed by atoms with Gasteiger partial charge in [0.2, 0.25) is 0 Å². The van der Waals surface area contributed by atoms with Crippen molar-refractivity contribution in [2.45, 2.75) is 26.2 Å². The van der Waals surface area contributed by atoms with Crippen molar-refractivity contribution in [2.75, 3.05) is 0 Å². The van der Waals surface area contributed by atoms with Crippen molar-refractivity contribution in [2.24, 2.45) is 4.99 Å². The van der Waals surface area contributed by atoms with Gasteiger partial charge >= 0.3 is 0 Å². The number of hydrogen-bond acceptors (Lipinski definition) is 7. The highest BCUT2D eigenvalue weighted by molar-refractivity contribution is 7.78. The molecule has 0 amide bonds. The molecule has 0 unspecified atom stereocenters. The summed E-state index contributed by atoms with van der Waals surface area (Å²) in [4.78, 5) is 12.7. The number of phenolic OH excluding ortho intramolecular Hbond substituents is 1. The first kappa shape index (κ1) is 23.4. The lowest BCUT2D eigenvalue weighted by molar-refractivity contribution is 0.453. The van der Waals surface area contributed by atoms with Gasteiger partial charge in [0.15, 0.2) is 0 Å². The van der Waals surface area contributed by atoms with E-state index >= 15 is 0 Å². The topological polar surface area (TPSA) is 82.4 Å². The van der Waals surface area contributed by atoms with Crippen molar-refractivity contribution < 1.29 is 5.11 Å². The standard InChI is InChI=1S/C27H25N5OS/c33-27-22(15-28-17-25-5-1-3-11-30-25)13-21(20-7-9-24(10-8-20)32-19-34)14-23(27)16-29-18-26-6-2-4-12-31-26/h1-14,28-29,33H,15-18H2. The van der Waals surface area contributed by atoms with Crippen molar-refractivity contribution in [1.82, 2.24) is 20.6 Å². The second-order valence-electron chi connectivity index (χ2n) is 7.74. The fraction of sp³-hybridized carbons (Fsp3) is 0.148. The van der Waals surface area contributed by atoms with Crippen LogP contribution in [-0.4, -0.2) is 20.2 Å². The van der Waals surface area contributed by atoms with Crippen LogP contribution in [0.25, 0.3) is 11.1 Å². The summed E-state index contributed by atoms with van der Waals surface area (Å²) >= 11 is 4.69.